The molecule has 0 fully saturated rings. The van der Waals surface area contributed by atoms with Crippen molar-refractivity contribution in [1.29, 1.82) is 0 Å². The van der Waals surface area contributed by atoms with Crippen LogP contribution in [0.3, 0.4) is 0 Å². The second-order valence-electron chi connectivity index (χ2n) is 7.42. The highest BCUT2D eigenvalue weighted by molar-refractivity contribution is 5.97. The number of anilines is 3. The van der Waals surface area contributed by atoms with Gasteiger partial charge in [-0.25, -0.2) is 14.8 Å². The average Bonchev–Trinajstić information content (AvgIpc) is 2.81. The van der Waals surface area contributed by atoms with E-state index in [1.165, 1.54) is 0 Å². The molecule has 0 aliphatic heterocycles. The minimum atomic E-state index is -1.30. The molecule has 0 aliphatic rings. The summed E-state index contributed by atoms with van der Waals surface area (Å²) in [6.45, 7) is 0.387. The van der Waals surface area contributed by atoms with E-state index in [9.17, 15) is 19.5 Å². The van der Waals surface area contributed by atoms with Gasteiger partial charge in [-0.3, -0.25) is 9.59 Å². The van der Waals surface area contributed by atoms with Gasteiger partial charge in [-0.05, 0) is 30.7 Å². The molecule has 1 amide bonds. The summed E-state index contributed by atoms with van der Waals surface area (Å²) in [4.78, 5) is 53.4. The van der Waals surface area contributed by atoms with Gasteiger partial charge < -0.3 is 31.5 Å². The van der Waals surface area contributed by atoms with Crippen LogP contribution in [0.2, 0.25) is 0 Å². The number of nitrogen functional groups attached to an aromatic ring is 1. The van der Waals surface area contributed by atoms with Gasteiger partial charge in [0.2, 0.25) is 5.95 Å². The number of benzene rings is 1. The molecule has 2 heterocycles. The summed E-state index contributed by atoms with van der Waals surface area (Å²) in [5.41, 5.74) is 8.39. The van der Waals surface area contributed by atoms with Crippen LogP contribution in [0.15, 0.2) is 30.5 Å². The van der Waals surface area contributed by atoms with Gasteiger partial charge in [0.15, 0.2) is 17.0 Å². The zero-order valence-electron chi connectivity index (χ0n) is 18.5. The molecule has 0 spiro atoms. The Bertz CT molecular complexity index is 1220. The number of nitrogens with one attached hydrogen (secondary N) is 2. The molecule has 0 unspecified atom stereocenters. The summed E-state index contributed by atoms with van der Waals surface area (Å²) in [5.74, 6) is -2.48. The molecule has 178 valence electrons. The van der Waals surface area contributed by atoms with Crippen LogP contribution in [0, 0.1) is 0 Å². The minimum absolute atomic E-state index is 0.212. The van der Waals surface area contributed by atoms with Crippen molar-refractivity contribution in [3.05, 3.63) is 41.7 Å². The molecule has 1 aromatic carbocycles. The van der Waals surface area contributed by atoms with Crippen molar-refractivity contribution >= 4 is 46.5 Å². The quantitative estimate of drug-likeness (QED) is 0.280. The normalized spacial score (nSPS) is 11.6. The predicted octanol–water partition coefficient (Wildman–Crippen LogP) is 0.728. The van der Waals surface area contributed by atoms with Crippen LogP contribution in [-0.4, -0.2) is 68.1 Å². The molecular formula is C21H24N8O5. The van der Waals surface area contributed by atoms with Crippen LogP contribution in [0.4, 0.5) is 17.5 Å². The maximum atomic E-state index is 12.4. The van der Waals surface area contributed by atoms with Gasteiger partial charge in [-0.15, -0.1) is 0 Å². The summed E-state index contributed by atoms with van der Waals surface area (Å²) in [7, 11) is 3.51. The van der Waals surface area contributed by atoms with Crippen molar-refractivity contribution < 1.29 is 24.6 Å². The standard InChI is InChI=1S/C21H24N8O5/c1-23-21-27-17(22)16-18(28-21)24-9-12(25-16)10-29(2)13-5-3-11(4-6-13)19(32)26-14(20(33)34)7-8-15(30)31/h3-6,9,14H,7-8,10H2,1-2H3,(H,26,32)(H,30,31)(H,33,34)(H3,22,23,24,27,28)/t14-/m0/s1. The van der Waals surface area contributed by atoms with Crippen molar-refractivity contribution in [3.8, 4) is 0 Å². The molecule has 0 aliphatic carbocycles. The largest absolute Gasteiger partial charge is 0.481 e. The van der Waals surface area contributed by atoms with Gasteiger partial charge >= 0.3 is 11.9 Å². The van der Waals surface area contributed by atoms with Crippen LogP contribution < -0.4 is 21.3 Å². The first kappa shape index (κ1) is 24.1. The van der Waals surface area contributed by atoms with Crippen molar-refractivity contribution in [3.63, 3.8) is 0 Å². The summed E-state index contributed by atoms with van der Waals surface area (Å²) in [5, 5.41) is 23.1. The van der Waals surface area contributed by atoms with E-state index in [1.807, 2.05) is 11.9 Å². The number of rotatable bonds is 10. The Kier molecular flexibility index (Phi) is 7.36. The molecule has 2 aromatic heterocycles. The Morgan fingerprint density at radius 3 is 2.44 bits per heavy atom. The number of carboxylic acid groups (broad SMARTS) is 2. The van der Waals surface area contributed by atoms with Crippen LogP contribution in [-0.2, 0) is 16.1 Å². The van der Waals surface area contributed by atoms with E-state index in [0.29, 0.717) is 29.4 Å². The number of nitrogens with two attached hydrogens (primary N) is 1. The van der Waals surface area contributed by atoms with Gasteiger partial charge in [0, 0.05) is 31.8 Å². The fourth-order valence-electron chi connectivity index (χ4n) is 3.12. The first-order valence-electron chi connectivity index (χ1n) is 10.2. The number of amides is 1. The van der Waals surface area contributed by atoms with Gasteiger partial charge in [-0.2, -0.15) is 9.97 Å². The van der Waals surface area contributed by atoms with Gasteiger partial charge in [0.1, 0.15) is 6.04 Å². The van der Waals surface area contributed by atoms with Crippen LogP contribution in [0.1, 0.15) is 28.9 Å². The lowest BCUT2D eigenvalue weighted by Crippen LogP contribution is -2.41. The second-order valence-corrected chi connectivity index (χ2v) is 7.42. The molecule has 0 bridgehead atoms. The lowest BCUT2D eigenvalue weighted by atomic mass is 10.1. The molecule has 1 atom stereocenters. The third kappa shape index (κ3) is 5.82. The first-order chi connectivity index (χ1) is 16.2. The second kappa shape index (κ2) is 10.4. The topological polar surface area (TPSA) is 197 Å². The number of hydrogen-bond acceptors (Lipinski definition) is 10. The molecule has 3 aromatic rings. The number of fused-ring (bicyclic) bond motifs is 1. The summed E-state index contributed by atoms with van der Waals surface area (Å²) < 4.78 is 0. The lowest BCUT2D eigenvalue weighted by molar-refractivity contribution is -0.140. The van der Waals surface area contributed by atoms with Crippen molar-refractivity contribution in [2.24, 2.45) is 0 Å². The number of aliphatic carboxylic acids is 2. The summed E-state index contributed by atoms with van der Waals surface area (Å²) in [6, 6.07) is 5.21. The number of carbonyl (C=O) groups is 3. The van der Waals surface area contributed by atoms with Gasteiger partial charge in [-0.1, -0.05) is 0 Å². The molecule has 6 N–H and O–H groups in total. The maximum Gasteiger partial charge on any atom is 0.326 e. The average molecular weight is 468 g/mol. The van der Waals surface area contributed by atoms with Crippen molar-refractivity contribution in [1.82, 2.24) is 25.3 Å². The van der Waals surface area contributed by atoms with Crippen LogP contribution >= 0.6 is 0 Å². The van der Waals surface area contributed by atoms with Crippen molar-refractivity contribution in [2.45, 2.75) is 25.4 Å². The van der Waals surface area contributed by atoms with E-state index in [0.717, 1.165) is 5.69 Å². The number of hydrogen-bond donors (Lipinski definition) is 5. The van der Waals surface area contributed by atoms with E-state index in [2.05, 4.69) is 30.6 Å². The fourth-order valence-corrected chi connectivity index (χ4v) is 3.12. The molecule has 0 radical (unpaired) electrons. The highest BCUT2D eigenvalue weighted by Crippen LogP contribution is 2.19. The van der Waals surface area contributed by atoms with E-state index >= 15 is 0 Å². The van der Waals surface area contributed by atoms with E-state index < -0.39 is 23.9 Å². The number of nitrogens with zero attached hydrogens (tertiary/aromatic N) is 5. The number of carboxylic acids is 2. The molecule has 3 rings (SSSR count). The van der Waals surface area contributed by atoms with Crippen LogP contribution in [0.5, 0.6) is 0 Å². The third-order valence-electron chi connectivity index (χ3n) is 4.93. The maximum absolute atomic E-state index is 12.4. The molecular weight excluding hydrogens is 444 g/mol. The Hall–Kier alpha value is -4.55. The zero-order chi connectivity index (χ0) is 24.8. The van der Waals surface area contributed by atoms with Crippen LogP contribution in [0.25, 0.3) is 11.2 Å². The number of aromatic nitrogens is 4. The SMILES string of the molecule is CNc1nc(N)c2nc(CN(C)c3ccc(C(=O)N[C@@H](CCC(=O)O)C(=O)O)cc3)cnc2n1. The van der Waals surface area contributed by atoms with E-state index in [-0.39, 0.29) is 24.2 Å². The summed E-state index contributed by atoms with van der Waals surface area (Å²) >= 11 is 0. The Balaban J connectivity index is 1.68. The molecule has 0 saturated heterocycles. The van der Waals surface area contributed by atoms with Gasteiger partial charge in [0.25, 0.3) is 5.91 Å². The van der Waals surface area contributed by atoms with Crippen molar-refractivity contribution in [2.75, 3.05) is 30.0 Å². The smallest absolute Gasteiger partial charge is 0.326 e. The molecule has 13 heteroatoms. The number of carbonyl (C=O) groups excluding carboxylic acids is 1. The molecule has 34 heavy (non-hydrogen) atoms. The lowest BCUT2D eigenvalue weighted by Gasteiger charge is -2.19. The summed E-state index contributed by atoms with van der Waals surface area (Å²) in [6.07, 6.45) is 1.01. The molecule has 0 saturated carbocycles. The third-order valence-corrected chi connectivity index (χ3v) is 4.93. The Morgan fingerprint density at radius 1 is 1.12 bits per heavy atom. The minimum Gasteiger partial charge on any atom is -0.481 e. The Morgan fingerprint density at radius 2 is 1.82 bits per heavy atom. The first-order valence-corrected chi connectivity index (χ1v) is 10.2. The predicted molar refractivity (Wildman–Crippen MR) is 123 cm³/mol. The zero-order valence-corrected chi connectivity index (χ0v) is 18.5. The Labute approximate surface area is 194 Å². The highest BCUT2D eigenvalue weighted by atomic mass is 16.4. The fraction of sp³-hybridized carbons (Fsp3) is 0.286. The van der Waals surface area contributed by atoms with E-state index in [1.54, 1.807) is 37.5 Å². The highest BCUT2D eigenvalue weighted by Gasteiger charge is 2.21. The van der Waals surface area contributed by atoms with Gasteiger partial charge in [0.05, 0.1) is 18.4 Å². The monoisotopic (exact) mass is 468 g/mol. The van der Waals surface area contributed by atoms with E-state index in [4.69, 9.17) is 10.8 Å². The molecule has 13 nitrogen and oxygen atoms in total.